The van der Waals surface area contributed by atoms with Crippen LogP contribution >= 0.6 is 12.2 Å². The first kappa shape index (κ1) is 9.70. The van der Waals surface area contributed by atoms with E-state index in [1.54, 1.807) is 0 Å². The number of ether oxygens (including phenoxy) is 1. The average Bonchev–Trinajstić information content (AvgIpc) is 2.03. The molecule has 0 saturated carbocycles. The normalized spacial score (nSPS) is 30.3. The molecule has 4 nitrogen and oxygen atoms in total. The fraction of sp³-hybridized carbons (Fsp3) is 0.857. The number of aliphatic hydroxyl groups is 1. The molecular weight excluding hydrogens is 176 g/mol. The van der Waals surface area contributed by atoms with Crippen LogP contribution in [0.4, 0.5) is 0 Å². The van der Waals surface area contributed by atoms with Gasteiger partial charge in [0.25, 0.3) is 0 Å². The van der Waals surface area contributed by atoms with Crippen LogP contribution in [-0.2, 0) is 4.74 Å². The van der Waals surface area contributed by atoms with Gasteiger partial charge in [-0.3, -0.25) is 0 Å². The molecule has 0 spiro atoms. The fourth-order valence-electron chi connectivity index (χ4n) is 1.33. The molecule has 1 aliphatic heterocycles. The largest absolute Gasteiger partial charge is 0.394 e. The monoisotopic (exact) mass is 190 g/mol. The van der Waals surface area contributed by atoms with Crippen LogP contribution in [-0.4, -0.2) is 47.0 Å². The van der Waals surface area contributed by atoms with E-state index in [1.165, 1.54) is 0 Å². The highest BCUT2D eigenvalue weighted by atomic mass is 32.1. The highest BCUT2D eigenvalue weighted by molar-refractivity contribution is 7.80. The molecule has 1 aliphatic rings. The van der Waals surface area contributed by atoms with Crippen molar-refractivity contribution in [2.45, 2.75) is 19.1 Å². The van der Waals surface area contributed by atoms with E-state index in [1.807, 2.05) is 11.8 Å². The Labute approximate surface area is 77.3 Å². The van der Waals surface area contributed by atoms with Gasteiger partial charge in [-0.05, 0) is 19.1 Å². The molecule has 0 bridgehead atoms. The van der Waals surface area contributed by atoms with Crippen molar-refractivity contribution in [3.63, 3.8) is 0 Å². The predicted molar refractivity (Wildman–Crippen MR) is 49.8 cm³/mol. The Bertz CT molecular complexity index is 177. The standard InChI is InChI=1S/C7H14N2O2S/c1-5-2-9(7(8)12)3-6(4-10)11-5/h5-6,10H,2-4H2,1H3,(H2,8,12). The summed E-state index contributed by atoms with van der Waals surface area (Å²) in [5, 5.41) is 9.25. The number of rotatable bonds is 1. The van der Waals surface area contributed by atoms with Crippen molar-refractivity contribution in [3.8, 4) is 0 Å². The van der Waals surface area contributed by atoms with Gasteiger partial charge >= 0.3 is 0 Å². The lowest BCUT2D eigenvalue weighted by Crippen LogP contribution is -2.51. The van der Waals surface area contributed by atoms with Gasteiger partial charge in [-0.2, -0.15) is 0 Å². The van der Waals surface area contributed by atoms with Crippen LogP contribution in [0.25, 0.3) is 0 Å². The summed E-state index contributed by atoms with van der Waals surface area (Å²) in [6.45, 7) is 3.26. The molecule has 1 heterocycles. The third-order valence-corrected chi connectivity index (χ3v) is 2.10. The summed E-state index contributed by atoms with van der Waals surface area (Å²) < 4.78 is 5.41. The van der Waals surface area contributed by atoms with Crippen molar-refractivity contribution in [2.24, 2.45) is 5.73 Å². The van der Waals surface area contributed by atoms with Gasteiger partial charge in [0.15, 0.2) is 5.11 Å². The minimum atomic E-state index is -0.157. The van der Waals surface area contributed by atoms with Gasteiger partial charge in [0, 0.05) is 13.1 Å². The van der Waals surface area contributed by atoms with E-state index in [0.29, 0.717) is 18.2 Å². The highest BCUT2D eigenvalue weighted by Crippen LogP contribution is 2.09. The molecule has 0 aliphatic carbocycles. The van der Waals surface area contributed by atoms with Crippen molar-refractivity contribution in [1.82, 2.24) is 4.90 Å². The van der Waals surface area contributed by atoms with Crippen molar-refractivity contribution in [2.75, 3.05) is 19.7 Å². The first-order valence-corrected chi connectivity index (χ1v) is 4.35. The topological polar surface area (TPSA) is 58.7 Å². The summed E-state index contributed by atoms with van der Waals surface area (Å²) in [6.07, 6.45) is -0.0763. The van der Waals surface area contributed by atoms with Gasteiger partial charge in [0.05, 0.1) is 18.8 Å². The van der Waals surface area contributed by atoms with E-state index in [9.17, 15) is 0 Å². The van der Waals surface area contributed by atoms with Gasteiger partial charge in [-0.1, -0.05) is 0 Å². The van der Waals surface area contributed by atoms with E-state index >= 15 is 0 Å². The Morgan fingerprint density at radius 2 is 2.42 bits per heavy atom. The number of hydrogen-bond donors (Lipinski definition) is 2. The lowest BCUT2D eigenvalue weighted by molar-refractivity contribution is -0.0781. The molecular formula is C7H14N2O2S. The van der Waals surface area contributed by atoms with Gasteiger partial charge in [-0.25, -0.2) is 0 Å². The summed E-state index contributed by atoms with van der Waals surface area (Å²) in [5.41, 5.74) is 5.47. The molecule has 0 aromatic heterocycles. The van der Waals surface area contributed by atoms with Crippen LogP contribution < -0.4 is 5.73 Å². The van der Waals surface area contributed by atoms with E-state index in [4.69, 9.17) is 27.8 Å². The number of morpholine rings is 1. The summed E-state index contributed by atoms with van der Waals surface area (Å²) in [5.74, 6) is 0. The zero-order valence-corrected chi connectivity index (χ0v) is 7.88. The second-order valence-electron chi connectivity index (χ2n) is 2.99. The minimum Gasteiger partial charge on any atom is -0.394 e. The number of nitrogens with zero attached hydrogens (tertiary/aromatic N) is 1. The molecule has 3 N–H and O–H groups in total. The average molecular weight is 190 g/mol. The maximum Gasteiger partial charge on any atom is 0.166 e. The molecule has 1 rings (SSSR count). The fourth-order valence-corrected chi connectivity index (χ4v) is 1.48. The predicted octanol–water partition coefficient (Wildman–Crippen LogP) is -0.688. The second kappa shape index (κ2) is 4.02. The SMILES string of the molecule is CC1CN(C(N)=S)CC(CO)O1. The molecule has 5 heteroatoms. The van der Waals surface area contributed by atoms with Crippen molar-refractivity contribution >= 4 is 17.3 Å². The maximum absolute atomic E-state index is 8.87. The van der Waals surface area contributed by atoms with Crippen LogP contribution in [0.2, 0.25) is 0 Å². The third kappa shape index (κ3) is 2.30. The van der Waals surface area contributed by atoms with Gasteiger partial charge in [-0.15, -0.1) is 0 Å². The number of nitrogens with two attached hydrogens (primary N) is 1. The molecule has 0 aromatic rings. The molecule has 70 valence electrons. The van der Waals surface area contributed by atoms with Gasteiger partial charge < -0.3 is 20.5 Å². The summed E-state index contributed by atoms with van der Waals surface area (Å²) >= 11 is 4.84. The molecule has 1 fully saturated rings. The van der Waals surface area contributed by atoms with E-state index in [2.05, 4.69) is 0 Å². The Balaban J connectivity index is 2.51. The van der Waals surface area contributed by atoms with Crippen molar-refractivity contribution < 1.29 is 9.84 Å². The molecule has 0 radical (unpaired) electrons. The van der Waals surface area contributed by atoms with Crippen LogP contribution in [0.15, 0.2) is 0 Å². The third-order valence-electron chi connectivity index (χ3n) is 1.84. The molecule has 0 amide bonds. The molecule has 12 heavy (non-hydrogen) atoms. The number of aliphatic hydroxyl groups excluding tert-OH is 1. The lowest BCUT2D eigenvalue weighted by Gasteiger charge is -2.36. The lowest BCUT2D eigenvalue weighted by atomic mass is 10.2. The first-order valence-electron chi connectivity index (χ1n) is 3.94. The molecule has 0 aromatic carbocycles. The Morgan fingerprint density at radius 3 is 2.92 bits per heavy atom. The van der Waals surface area contributed by atoms with E-state index in [0.717, 1.165) is 0 Å². The zero-order chi connectivity index (χ0) is 9.14. The van der Waals surface area contributed by atoms with Crippen LogP contribution in [0.5, 0.6) is 0 Å². The summed E-state index contributed by atoms with van der Waals surface area (Å²) in [6, 6.07) is 0. The first-order chi connectivity index (χ1) is 5.63. The summed E-state index contributed by atoms with van der Waals surface area (Å²) in [7, 11) is 0. The van der Waals surface area contributed by atoms with Crippen molar-refractivity contribution in [1.29, 1.82) is 0 Å². The summed E-state index contributed by atoms with van der Waals surface area (Å²) in [4.78, 5) is 1.85. The van der Waals surface area contributed by atoms with Gasteiger partial charge in [0.2, 0.25) is 0 Å². The zero-order valence-electron chi connectivity index (χ0n) is 7.06. The molecule has 1 saturated heterocycles. The molecule has 2 atom stereocenters. The molecule has 2 unspecified atom stereocenters. The maximum atomic E-state index is 8.87. The number of thiocarbonyl (C=S) groups is 1. The highest BCUT2D eigenvalue weighted by Gasteiger charge is 2.24. The van der Waals surface area contributed by atoms with E-state index in [-0.39, 0.29) is 18.8 Å². The van der Waals surface area contributed by atoms with Crippen LogP contribution in [0.3, 0.4) is 0 Å². The second-order valence-corrected chi connectivity index (χ2v) is 3.41. The Hall–Kier alpha value is -0.390. The smallest absolute Gasteiger partial charge is 0.166 e. The van der Waals surface area contributed by atoms with E-state index < -0.39 is 0 Å². The Kier molecular flexibility index (Phi) is 3.25. The number of hydrogen-bond acceptors (Lipinski definition) is 3. The van der Waals surface area contributed by atoms with Crippen LogP contribution in [0, 0.1) is 0 Å². The Morgan fingerprint density at radius 1 is 1.75 bits per heavy atom. The quantitative estimate of drug-likeness (QED) is 0.536. The van der Waals surface area contributed by atoms with Gasteiger partial charge in [0.1, 0.15) is 0 Å². The van der Waals surface area contributed by atoms with Crippen LogP contribution in [0.1, 0.15) is 6.92 Å². The minimum absolute atomic E-state index is 0.0173. The van der Waals surface area contributed by atoms with Crippen molar-refractivity contribution in [3.05, 3.63) is 0 Å².